The van der Waals surface area contributed by atoms with Crippen molar-refractivity contribution in [3.63, 3.8) is 0 Å². The summed E-state index contributed by atoms with van der Waals surface area (Å²) >= 11 is 1.75. The van der Waals surface area contributed by atoms with Crippen LogP contribution in [-0.2, 0) is 4.74 Å². The molecule has 0 spiro atoms. The molecule has 2 heterocycles. The molecule has 0 radical (unpaired) electrons. The van der Waals surface area contributed by atoms with Gasteiger partial charge in [-0.2, -0.15) is 11.3 Å². The van der Waals surface area contributed by atoms with Crippen molar-refractivity contribution in [3.05, 3.63) is 16.8 Å². The predicted octanol–water partition coefficient (Wildman–Crippen LogP) is 2.97. The topological polar surface area (TPSA) is 21.3 Å². The van der Waals surface area contributed by atoms with E-state index in [9.17, 15) is 0 Å². The summed E-state index contributed by atoms with van der Waals surface area (Å²) in [4.78, 5) is 0. The lowest BCUT2D eigenvalue weighted by atomic mass is 9.57. The van der Waals surface area contributed by atoms with Crippen LogP contribution < -0.4 is 5.32 Å². The maximum absolute atomic E-state index is 5.78. The fourth-order valence-electron chi connectivity index (χ4n) is 3.14. The van der Waals surface area contributed by atoms with Gasteiger partial charge in [0.1, 0.15) is 0 Å². The van der Waals surface area contributed by atoms with Crippen molar-refractivity contribution in [1.82, 2.24) is 0 Å². The Bertz CT molecular complexity index is 347. The van der Waals surface area contributed by atoms with Crippen LogP contribution in [0.5, 0.6) is 0 Å². The van der Waals surface area contributed by atoms with Gasteiger partial charge in [0.15, 0.2) is 0 Å². The maximum Gasteiger partial charge on any atom is 0.0694 e. The van der Waals surface area contributed by atoms with Crippen LogP contribution in [0, 0.1) is 11.3 Å². The zero-order valence-corrected chi connectivity index (χ0v) is 10.0. The summed E-state index contributed by atoms with van der Waals surface area (Å²) in [6.45, 7) is 5.56. The summed E-state index contributed by atoms with van der Waals surface area (Å²) in [5, 5.41) is 7.95. The molecule has 82 valence electrons. The second kappa shape index (κ2) is 3.22. The molecule has 2 fully saturated rings. The van der Waals surface area contributed by atoms with Crippen LogP contribution in [0.15, 0.2) is 16.8 Å². The van der Waals surface area contributed by atoms with Gasteiger partial charge in [0, 0.05) is 35.0 Å². The van der Waals surface area contributed by atoms with Gasteiger partial charge in [0.25, 0.3) is 0 Å². The van der Waals surface area contributed by atoms with Crippen LogP contribution in [0.1, 0.15) is 20.3 Å². The number of anilines is 1. The smallest absolute Gasteiger partial charge is 0.0694 e. The SMILES string of the molecule is CC1(C)C(Nc2ccsc2)C2CCOC21. The number of hydrogen-bond acceptors (Lipinski definition) is 3. The van der Waals surface area contributed by atoms with E-state index in [0.717, 1.165) is 12.5 Å². The molecule has 3 unspecified atom stereocenters. The Hall–Kier alpha value is -0.540. The van der Waals surface area contributed by atoms with Crippen LogP contribution in [0.2, 0.25) is 0 Å². The molecule has 0 aromatic carbocycles. The number of rotatable bonds is 2. The zero-order chi connectivity index (χ0) is 10.5. The Balaban J connectivity index is 1.76. The average molecular weight is 223 g/mol. The summed E-state index contributed by atoms with van der Waals surface area (Å²) in [7, 11) is 0. The molecule has 1 aliphatic carbocycles. The minimum atomic E-state index is 0.281. The zero-order valence-electron chi connectivity index (χ0n) is 9.19. The van der Waals surface area contributed by atoms with Gasteiger partial charge in [-0.15, -0.1) is 0 Å². The van der Waals surface area contributed by atoms with Crippen LogP contribution in [-0.4, -0.2) is 18.8 Å². The third-order valence-corrected chi connectivity index (χ3v) is 4.63. The quantitative estimate of drug-likeness (QED) is 0.832. The molecule has 15 heavy (non-hydrogen) atoms. The lowest BCUT2D eigenvalue weighted by Crippen LogP contribution is -2.63. The second-order valence-corrected chi connectivity index (χ2v) is 5.98. The Morgan fingerprint density at radius 2 is 2.40 bits per heavy atom. The van der Waals surface area contributed by atoms with E-state index in [-0.39, 0.29) is 5.41 Å². The lowest BCUT2D eigenvalue weighted by Gasteiger charge is -2.54. The first-order valence-corrected chi connectivity index (χ1v) is 6.54. The van der Waals surface area contributed by atoms with Crippen LogP contribution in [0.25, 0.3) is 0 Å². The molecule has 1 aromatic rings. The molecule has 2 aliphatic rings. The summed E-state index contributed by atoms with van der Waals surface area (Å²) < 4.78 is 5.78. The van der Waals surface area contributed by atoms with Crippen LogP contribution in [0.4, 0.5) is 5.69 Å². The second-order valence-electron chi connectivity index (χ2n) is 5.20. The van der Waals surface area contributed by atoms with Gasteiger partial charge in [0.05, 0.1) is 6.10 Å². The van der Waals surface area contributed by atoms with E-state index >= 15 is 0 Å². The van der Waals surface area contributed by atoms with E-state index in [4.69, 9.17) is 4.74 Å². The third-order valence-electron chi connectivity index (χ3n) is 3.94. The summed E-state index contributed by atoms with van der Waals surface area (Å²) in [5.41, 5.74) is 1.55. The van der Waals surface area contributed by atoms with E-state index < -0.39 is 0 Å². The van der Waals surface area contributed by atoms with E-state index in [0.29, 0.717) is 12.1 Å². The summed E-state index contributed by atoms with van der Waals surface area (Å²) in [5.74, 6) is 0.722. The van der Waals surface area contributed by atoms with Gasteiger partial charge in [-0.1, -0.05) is 13.8 Å². The Morgan fingerprint density at radius 1 is 1.53 bits per heavy atom. The first-order chi connectivity index (χ1) is 7.19. The molecule has 1 aromatic heterocycles. The number of hydrogen-bond donors (Lipinski definition) is 1. The average Bonchev–Trinajstić information content (AvgIpc) is 2.84. The van der Waals surface area contributed by atoms with Gasteiger partial charge in [-0.25, -0.2) is 0 Å². The lowest BCUT2D eigenvalue weighted by molar-refractivity contribution is -0.0922. The highest BCUT2D eigenvalue weighted by atomic mass is 32.1. The number of ether oxygens (including phenoxy) is 1. The molecule has 1 N–H and O–H groups in total. The van der Waals surface area contributed by atoms with Crippen molar-refractivity contribution in [3.8, 4) is 0 Å². The van der Waals surface area contributed by atoms with Gasteiger partial charge < -0.3 is 10.1 Å². The summed E-state index contributed by atoms with van der Waals surface area (Å²) in [6, 6.07) is 2.74. The van der Waals surface area contributed by atoms with E-state index in [1.54, 1.807) is 11.3 Å². The van der Waals surface area contributed by atoms with Crippen molar-refractivity contribution in [2.75, 3.05) is 11.9 Å². The van der Waals surface area contributed by atoms with Gasteiger partial charge in [-0.05, 0) is 17.9 Å². The minimum Gasteiger partial charge on any atom is -0.381 e. The molecule has 1 saturated heterocycles. The van der Waals surface area contributed by atoms with Crippen molar-refractivity contribution in [2.45, 2.75) is 32.4 Å². The monoisotopic (exact) mass is 223 g/mol. The van der Waals surface area contributed by atoms with Crippen LogP contribution in [0.3, 0.4) is 0 Å². The Kier molecular flexibility index (Phi) is 2.08. The van der Waals surface area contributed by atoms with E-state index in [1.165, 1.54) is 12.1 Å². The van der Waals surface area contributed by atoms with Crippen molar-refractivity contribution in [2.24, 2.45) is 11.3 Å². The Labute approximate surface area is 94.6 Å². The number of thiophene rings is 1. The molecule has 1 saturated carbocycles. The standard InChI is InChI=1S/C12H17NOS/c1-12(2)10(9-3-5-14-11(9)12)13-8-4-6-15-7-8/h4,6-7,9-11,13H,3,5H2,1-2H3. The first-order valence-electron chi connectivity index (χ1n) is 5.60. The number of nitrogens with one attached hydrogen (secondary N) is 1. The van der Waals surface area contributed by atoms with Crippen molar-refractivity contribution < 1.29 is 4.74 Å². The maximum atomic E-state index is 5.78. The molecule has 3 atom stereocenters. The molecule has 0 amide bonds. The Morgan fingerprint density at radius 3 is 3.13 bits per heavy atom. The summed E-state index contributed by atoms with van der Waals surface area (Å²) in [6.07, 6.45) is 1.70. The highest BCUT2D eigenvalue weighted by Crippen LogP contribution is 2.53. The van der Waals surface area contributed by atoms with Crippen molar-refractivity contribution in [1.29, 1.82) is 0 Å². The fourth-order valence-corrected chi connectivity index (χ4v) is 3.74. The van der Waals surface area contributed by atoms with Crippen LogP contribution >= 0.6 is 11.3 Å². The molecule has 2 nitrogen and oxygen atoms in total. The van der Waals surface area contributed by atoms with Gasteiger partial charge in [0.2, 0.25) is 0 Å². The highest BCUT2D eigenvalue weighted by molar-refractivity contribution is 7.08. The van der Waals surface area contributed by atoms with Gasteiger partial charge >= 0.3 is 0 Å². The molecular formula is C12H17NOS. The molecule has 3 heteroatoms. The largest absolute Gasteiger partial charge is 0.381 e. The number of fused-ring (bicyclic) bond motifs is 1. The molecule has 3 rings (SSSR count). The van der Waals surface area contributed by atoms with E-state index in [2.05, 4.69) is 36.0 Å². The molecule has 1 aliphatic heterocycles. The normalized spacial score (nSPS) is 37.1. The minimum absolute atomic E-state index is 0.281. The first kappa shape index (κ1) is 9.67. The molecular weight excluding hydrogens is 206 g/mol. The molecule has 0 bridgehead atoms. The van der Waals surface area contributed by atoms with Gasteiger partial charge in [-0.3, -0.25) is 0 Å². The highest BCUT2D eigenvalue weighted by Gasteiger charge is 2.59. The fraction of sp³-hybridized carbons (Fsp3) is 0.667. The predicted molar refractivity (Wildman–Crippen MR) is 63.4 cm³/mol. The van der Waals surface area contributed by atoms with E-state index in [1.807, 2.05) is 0 Å². The van der Waals surface area contributed by atoms with Crippen molar-refractivity contribution >= 4 is 17.0 Å². The third kappa shape index (κ3) is 1.33.